The number of carbonyl (C=O) groups excluding carboxylic acids is 2. The second-order valence-corrected chi connectivity index (χ2v) is 7.41. The van der Waals surface area contributed by atoms with E-state index in [1.54, 1.807) is 18.2 Å². The van der Waals surface area contributed by atoms with E-state index in [4.69, 9.17) is 8.83 Å². The molecule has 0 aliphatic heterocycles. The summed E-state index contributed by atoms with van der Waals surface area (Å²) in [7, 11) is 0. The van der Waals surface area contributed by atoms with Gasteiger partial charge in [0.2, 0.25) is 5.89 Å². The summed E-state index contributed by atoms with van der Waals surface area (Å²) in [5.74, 6) is 5.82. The summed E-state index contributed by atoms with van der Waals surface area (Å²) in [6.07, 6.45) is 1.38. The van der Waals surface area contributed by atoms with E-state index in [1.165, 1.54) is 6.08 Å². The molecule has 5 aromatic rings. The lowest BCUT2D eigenvalue weighted by molar-refractivity contribution is 0.0990. The summed E-state index contributed by atoms with van der Waals surface area (Å²) in [5.41, 5.74) is 2.35. The van der Waals surface area contributed by atoms with Gasteiger partial charge in [0, 0.05) is 28.8 Å². The second-order valence-electron chi connectivity index (χ2n) is 7.41. The van der Waals surface area contributed by atoms with Crippen LogP contribution in [-0.2, 0) is 0 Å². The molecule has 0 atom stereocenters. The van der Waals surface area contributed by atoms with Crippen LogP contribution in [0.5, 0.6) is 0 Å². The first-order valence-corrected chi connectivity index (χ1v) is 9.97. The van der Waals surface area contributed by atoms with E-state index >= 15 is 0 Å². The number of rotatable bonds is 1. The summed E-state index contributed by atoms with van der Waals surface area (Å²) in [6, 6.07) is 22.3. The fourth-order valence-corrected chi connectivity index (χ4v) is 3.79. The third-order valence-electron chi connectivity index (χ3n) is 5.34. The summed E-state index contributed by atoms with van der Waals surface area (Å²) < 4.78 is 11.3. The molecular formula is C27H13NO4. The highest BCUT2D eigenvalue weighted by molar-refractivity contribution is 6.41. The van der Waals surface area contributed by atoms with Crippen molar-refractivity contribution in [2.24, 2.45) is 0 Å². The highest BCUT2D eigenvalue weighted by Crippen LogP contribution is 2.32. The molecule has 0 spiro atoms. The first-order valence-electron chi connectivity index (χ1n) is 9.97. The average molecular weight is 415 g/mol. The van der Waals surface area contributed by atoms with Crippen molar-refractivity contribution in [3.05, 3.63) is 107 Å². The van der Waals surface area contributed by atoms with E-state index < -0.39 is 0 Å². The first kappa shape index (κ1) is 18.1. The van der Waals surface area contributed by atoms with Crippen LogP contribution in [0.3, 0.4) is 0 Å². The fourth-order valence-electron chi connectivity index (χ4n) is 3.79. The molecule has 3 aromatic carbocycles. The van der Waals surface area contributed by atoms with E-state index in [-0.39, 0.29) is 28.7 Å². The average Bonchev–Trinajstić information content (AvgIpc) is 3.44. The molecule has 0 unspecified atom stereocenters. The zero-order valence-corrected chi connectivity index (χ0v) is 16.6. The third-order valence-corrected chi connectivity index (χ3v) is 5.34. The van der Waals surface area contributed by atoms with Gasteiger partial charge in [-0.05, 0) is 41.0 Å². The van der Waals surface area contributed by atoms with Crippen LogP contribution >= 0.6 is 0 Å². The SMILES string of the molecule is O=C1C(=Cc2nc3oc(C#Cc4ccccc4)cc3o2)C(=O)c2cc3ccccc3cc21. The van der Waals surface area contributed by atoms with Crippen molar-refractivity contribution in [2.75, 3.05) is 0 Å². The Kier molecular flexibility index (Phi) is 3.92. The molecule has 150 valence electrons. The first-order chi connectivity index (χ1) is 15.7. The Morgan fingerprint density at radius 2 is 1.41 bits per heavy atom. The third kappa shape index (κ3) is 2.94. The maximum absolute atomic E-state index is 12.9. The van der Waals surface area contributed by atoms with Crippen LogP contribution in [0.2, 0.25) is 0 Å². The number of allylic oxidation sites excluding steroid dienone is 1. The van der Waals surface area contributed by atoms with Gasteiger partial charge < -0.3 is 8.83 Å². The van der Waals surface area contributed by atoms with Crippen LogP contribution < -0.4 is 0 Å². The Labute approximate surface area is 182 Å². The maximum atomic E-state index is 12.9. The minimum atomic E-state index is -0.333. The van der Waals surface area contributed by atoms with Crippen molar-refractivity contribution < 1.29 is 18.4 Å². The van der Waals surface area contributed by atoms with Crippen molar-refractivity contribution in [2.45, 2.75) is 0 Å². The van der Waals surface area contributed by atoms with Crippen LogP contribution in [-0.4, -0.2) is 16.6 Å². The van der Waals surface area contributed by atoms with Crippen molar-refractivity contribution in [3.8, 4) is 11.8 Å². The maximum Gasteiger partial charge on any atom is 0.267 e. The normalized spacial score (nSPS) is 12.8. The number of carbonyl (C=O) groups is 2. The minimum Gasteiger partial charge on any atom is -0.433 e. The smallest absolute Gasteiger partial charge is 0.267 e. The topological polar surface area (TPSA) is 73.3 Å². The molecule has 1 aliphatic rings. The summed E-state index contributed by atoms with van der Waals surface area (Å²) in [5, 5.41) is 1.82. The molecule has 0 radical (unpaired) electrons. The number of hydrogen-bond acceptors (Lipinski definition) is 5. The summed E-state index contributed by atoms with van der Waals surface area (Å²) in [6.45, 7) is 0. The van der Waals surface area contributed by atoms with Gasteiger partial charge in [-0.25, -0.2) is 0 Å². The summed E-state index contributed by atoms with van der Waals surface area (Å²) in [4.78, 5) is 30.0. The van der Waals surface area contributed by atoms with Crippen molar-refractivity contribution in [1.82, 2.24) is 4.98 Å². The van der Waals surface area contributed by atoms with E-state index in [9.17, 15) is 9.59 Å². The lowest BCUT2D eigenvalue weighted by atomic mass is 10.0. The van der Waals surface area contributed by atoms with Crippen LogP contribution in [0, 0.1) is 11.8 Å². The van der Waals surface area contributed by atoms with Gasteiger partial charge in [-0.1, -0.05) is 48.4 Å². The molecule has 1 aliphatic carbocycles. The van der Waals surface area contributed by atoms with Gasteiger partial charge in [0.15, 0.2) is 22.9 Å². The Morgan fingerprint density at radius 3 is 2.06 bits per heavy atom. The molecule has 0 saturated carbocycles. The minimum absolute atomic E-state index is 0.0308. The molecule has 0 amide bonds. The molecule has 5 heteroatoms. The quantitative estimate of drug-likeness (QED) is 0.207. The van der Waals surface area contributed by atoms with E-state index in [2.05, 4.69) is 16.8 Å². The number of aromatic nitrogens is 1. The predicted octanol–water partition coefficient (Wildman–Crippen LogP) is 5.44. The van der Waals surface area contributed by atoms with Gasteiger partial charge in [0.1, 0.15) is 0 Å². The van der Waals surface area contributed by atoms with Crippen LogP contribution in [0.1, 0.15) is 37.9 Å². The molecule has 0 N–H and O–H groups in total. The Morgan fingerprint density at radius 1 is 0.750 bits per heavy atom. The standard InChI is InChI=1S/C27H13NO4/c29-25-20-12-17-8-4-5-9-18(17)13-21(20)26(30)22(25)15-24-28-27-23(32-24)14-19(31-27)11-10-16-6-2-1-3-7-16/h1-9,12-15H. The predicted molar refractivity (Wildman–Crippen MR) is 119 cm³/mol. The largest absolute Gasteiger partial charge is 0.433 e. The van der Waals surface area contributed by atoms with E-state index in [0.717, 1.165) is 16.3 Å². The number of oxazole rings is 1. The number of Topliss-reactive ketones (excluding diaryl/α,β-unsaturated/α-hetero) is 2. The Balaban J connectivity index is 1.33. The van der Waals surface area contributed by atoms with Crippen LogP contribution in [0.15, 0.2) is 87.2 Å². The lowest BCUT2D eigenvalue weighted by Gasteiger charge is -2.00. The van der Waals surface area contributed by atoms with Gasteiger partial charge >= 0.3 is 0 Å². The molecule has 0 saturated heterocycles. The van der Waals surface area contributed by atoms with Crippen LogP contribution in [0.4, 0.5) is 0 Å². The molecule has 32 heavy (non-hydrogen) atoms. The zero-order chi connectivity index (χ0) is 21.7. The van der Waals surface area contributed by atoms with E-state index in [0.29, 0.717) is 22.5 Å². The van der Waals surface area contributed by atoms with Gasteiger partial charge in [0.05, 0.1) is 5.57 Å². The number of furan rings is 1. The summed E-state index contributed by atoms with van der Waals surface area (Å²) >= 11 is 0. The molecule has 0 bridgehead atoms. The van der Waals surface area contributed by atoms with Gasteiger partial charge in [0.25, 0.3) is 5.71 Å². The van der Waals surface area contributed by atoms with Crippen molar-refractivity contribution >= 4 is 39.7 Å². The number of hydrogen-bond donors (Lipinski definition) is 0. The molecule has 0 fully saturated rings. The number of ketones is 2. The molecular weight excluding hydrogens is 402 g/mol. The molecule has 2 aromatic heterocycles. The lowest BCUT2D eigenvalue weighted by Crippen LogP contribution is -2.00. The van der Waals surface area contributed by atoms with Gasteiger partial charge in [-0.2, -0.15) is 4.98 Å². The molecule has 6 rings (SSSR count). The van der Waals surface area contributed by atoms with Gasteiger partial charge in [-0.15, -0.1) is 0 Å². The highest BCUT2D eigenvalue weighted by atomic mass is 16.4. The number of benzene rings is 3. The highest BCUT2D eigenvalue weighted by Gasteiger charge is 2.34. The fraction of sp³-hybridized carbons (Fsp3) is 0. The van der Waals surface area contributed by atoms with Crippen LogP contribution in [0.25, 0.3) is 28.1 Å². The van der Waals surface area contributed by atoms with E-state index in [1.807, 2.05) is 54.6 Å². The Bertz CT molecular complexity index is 1570. The molecule has 5 nitrogen and oxygen atoms in total. The monoisotopic (exact) mass is 415 g/mol. The second kappa shape index (κ2) is 6.93. The number of fused-ring (bicyclic) bond motifs is 3. The van der Waals surface area contributed by atoms with Crippen molar-refractivity contribution in [3.63, 3.8) is 0 Å². The molecule has 2 heterocycles. The van der Waals surface area contributed by atoms with Crippen molar-refractivity contribution in [1.29, 1.82) is 0 Å². The van der Waals surface area contributed by atoms with Gasteiger partial charge in [-0.3, -0.25) is 9.59 Å². The zero-order valence-electron chi connectivity index (χ0n) is 16.6. The Hall–Kier alpha value is -4.69. The number of nitrogens with zero attached hydrogens (tertiary/aromatic N) is 1.